The molecular weight excluding hydrogens is 304 g/mol. The Bertz CT molecular complexity index is 669. The summed E-state index contributed by atoms with van der Waals surface area (Å²) in [5.41, 5.74) is 1.27. The summed E-state index contributed by atoms with van der Waals surface area (Å²) in [6.07, 6.45) is 0. The first kappa shape index (κ1) is 16.0. The molecule has 0 aliphatic heterocycles. The van der Waals surface area contributed by atoms with Crippen LogP contribution in [-0.4, -0.2) is 30.1 Å². The lowest BCUT2D eigenvalue weighted by molar-refractivity contribution is -0.114. The largest absolute Gasteiger partial charge is 0.490 e. The highest BCUT2D eigenvalue weighted by Gasteiger charge is 2.12. The topological polar surface area (TPSA) is 77.5 Å². The number of amides is 1. The second-order valence-corrected chi connectivity index (χ2v) is 5.38. The molecule has 2 rings (SSSR count). The second-order valence-electron chi connectivity index (χ2n) is 4.52. The minimum atomic E-state index is -0.541. The summed E-state index contributed by atoms with van der Waals surface area (Å²) in [7, 11) is 0. The third-order valence-electron chi connectivity index (χ3n) is 2.57. The predicted octanol–water partition coefficient (Wildman–Crippen LogP) is 2.65. The van der Waals surface area contributed by atoms with Crippen molar-refractivity contribution in [3.8, 4) is 5.75 Å². The summed E-state index contributed by atoms with van der Waals surface area (Å²) in [5, 5.41) is 4.42. The highest BCUT2D eigenvalue weighted by atomic mass is 32.1. The molecule has 116 valence electrons. The highest BCUT2D eigenvalue weighted by Crippen LogP contribution is 2.16. The number of carbonyl (C=O) groups excluding carboxylic acids is 2. The zero-order chi connectivity index (χ0) is 15.9. The van der Waals surface area contributed by atoms with Crippen LogP contribution in [0.1, 0.15) is 23.0 Å². The molecule has 1 aromatic carbocycles. The van der Waals surface area contributed by atoms with Gasteiger partial charge in [0, 0.05) is 12.3 Å². The highest BCUT2D eigenvalue weighted by molar-refractivity contribution is 7.14. The van der Waals surface area contributed by atoms with Gasteiger partial charge in [0.1, 0.15) is 19.0 Å². The van der Waals surface area contributed by atoms with Crippen LogP contribution in [0.15, 0.2) is 29.6 Å². The summed E-state index contributed by atoms with van der Waals surface area (Å²) < 4.78 is 10.5. The zero-order valence-electron chi connectivity index (χ0n) is 12.3. The molecule has 0 fully saturated rings. The van der Waals surface area contributed by atoms with Gasteiger partial charge in [-0.3, -0.25) is 4.79 Å². The van der Waals surface area contributed by atoms with Crippen molar-refractivity contribution >= 4 is 28.3 Å². The van der Waals surface area contributed by atoms with E-state index in [1.165, 1.54) is 23.6 Å². The van der Waals surface area contributed by atoms with Gasteiger partial charge in [0.25, 0.3) is 0 Å². The summed E-state index contributed by atoms with van der Waals surface area (Å²) in [6, 6.07) is 7.62. The maximum atomic E-state index is 11.8. The first-order valence-electron chi connectivity index (χ1n) is 6.64. The van der Waals surface area contributed by atoms with Gasteiger partial charge >= 0.3 is 5.97 Å². The Morgan fingerprint density at radius 3 is 2.86 bits per heavy atom. The lowest BCUT2D eigenvalue weighted by atomic mass is 10.2. The number of anilines is 1. The van der Waals surface area contributed by atoms with Crippen molar-refractivity contribution in [2.45, 2.75) is 13.8 Å². The van der Waals surface area contributed by atoms with E-state index < -0.39 is 5.97 Å². The van der Waals surface area contributed by atoms with Crippen LogP contribution in [0.25, 0.3) is 0 Å². The maximum Gasteiger partial charge on any atom is 0.358 e. The number of ether oxygens (including phenoxy) is 2. The molecule has 0 atom stereocenters. The van der Waals surface area contributed by atoms with Crippen LogP contribution in [-0.2, 0) is 9.53 Å². The average molecular weight is 320 g/mol. The van der Waals surface area contributed by atoms with Crippen LogP contribution >= 0.6 is 11.3 Å². The van der Waals surface area contributed by atoms with Gasteiger partial charge < -0.3 is 14.8 Å². The van der Waals surface area contributed by atoms with Crippen molar-refractivity contribution in [1.82, 2.24) is 4.98 Å². The molecule has 22 heavy (non-hydrogen) atoms. The van der Waals surface area contributed by atoms with Gasteiger partial charge in [-0.25, -0.2) is 9.78 Å². The van der Waals surface area contributed by atoms with Crippen molar-refractivity contribution in [1.29, 1.82) is 0 Å². The number of nitrogens with zero attached hydrogens (tertiary/aromatic N) is 1. The van der Waals surface area contributed by atoms with E-state index in [1.54, 1.807) is 0 Å². The molecule has 0 aliphatic rings. The molecular formula is C15H16N2O4S. The fourth-order valence-electron chi connectivity index (χ4n) is 1.65. The standard InChI is InChI=1S/C15H16N2O4S/c1-10-4-3-5-12(8-10)20-6-7-21-14(19)13-9-22-15(17-13)16-11(2)18/h3-5,8-9H,6-7H2,1-2H3,(H,16,17,18). The van der Waals surface area contributed by atoms with Gasteiger partial charge in [-0.1, -0.05) is 12.1 Å². The summed E-state index contributed by atoms with van der Waals surface area (Å²) >= 11 is 1.17. The van der Waals surface area contributed by atoms with E-state index in [0.29, 0.717) is 5.13 Å². The van der Waals surface area contributed by atoms with Crippen molar-refractivity contribution in [3.63, 3.8) is 0 Å². The number of aromatic nitrogens is 1. The first-order chi connectivity index (χ1) is 10.5. The third-order valence-corrected chi connectivity index (χ3v) is 3.33. The molecule has 0 unspecified atom stereocenters. The number of thiazole rings is 1. The average Bonchev–Trinajstić information content (AvgIpc) is 2.91. The van der Waals surface area contributed by atoms with Gasteiger partial charge in [0.2, 0.25) is 5.91 Å². The minimum absolute atomic E-state index is 0.125. The number of esters is 1. The van der Waals surface area contributed by atoms with E-state index in [0.717, 1.165) is 11.3 Å². The molecule has 0 saturated carbocycles. The van der Waals surface area contributed by atoms with Crippen molar-refractivity contribution < 1.29 is 19.1 Å². The van der Waals surface area contributed by atoms with Crippen molar-refractivity contribution in [3.05, 3.63) is 40.9 Å². The fraction of sp³-hybridized carbons (Fsp3) is 0.267. The van der Waals surface area contributed by atoms with Gasteiger partial charge in [-0.05, 0) is 24.6 Å². The molecule has 7 heteroatoms. The number of carbonyl (C=O) groups is 2. The van der Waals surface area contributed by atoms with E-state index in [2.05, 4.69) is 10.3 Å². The van der Waals surface area contributed by atoms with Crippen molar-refractivity contribution in [2.24, 2.45) is 0 Å². The Hall–Kier alpha value is -2.41. The fourth-order valence-corrected chi connectivity index (χ4v) is 2.37. The predicted molar refractivity (Wildman–Crippen MR) is 83.4 cm³/mol. The number of nitrogens with one attached hydrogen (secondary N) is 1. The number of rotatable bonds is 6. The lowest BCUT2D eigenvalue weighted by Crippen LogP contribution is -2.13. The SMILES string of the molecule is CC(=O)Nc1nc(C(=O)OCCOc2cccc(C)c2)cs1. The molecule has 0 radical (unpaired) electrons. The van der Waals surface area contributed by atoms with E-state index in [9.17, 15) is 9.59 Å². The Morgan fingerprint density at radius 2 is 2.14 bits per heavy atom. The van der Waals surface area contributed by atoms with Crippen LogP contribution in [0.5, 0.6) is 5.75 Å². The van der Waals surface area contributed by atoms with Crippen molar-refractivity contribution in [2.75, 3.05) is 18.5 Å². The smallest absolute Gasteiger partial charge is 0.358 e. The lowest BCUT2D eigenvalue weighted by Gasteiger charge is -2.07. The summed E-state index contributed by atoms with van der Waals surface area (Å²) in [6.45, 7) is 3.74. The summed E-state index contributed by atoms with van der Waals surface area (Å²) in [4.78, 5) is 26.6. The Morgan fingerprint density at radius 1 is 1.32 bits per heavy atom. The minimum Gasteiger partial charge on any atom is -0.490 e. The van der Waals surface area contributed by atoms with Crippen LogP contribution in [0.2, 0.25) is 0 Å². The number of hydrogen-bond donors (Lipinski definition) is 1. The number of hydrogen-bond acceptors (Lipinski definition) is 6. The molecule has 1 N–H and O–H groups in total. The molecule has 1 aromatic heterocycles. The Labute approximate surface area is 132 Å². The van der Waals surface area contributed by atoms with E-state index in [1.807, 2.05) is 31.2 Å². The normalized spacial score (nSPS) is 10.1. The molecule has 0 saturated heterocycles. The first-order valence-corrected chi connectivity index (χ1v) is 7.52. The van der Waals surface area contributed by atoms with E-state index in [4.69, 9.17) is 9.47 Å². The van der Waals surface area contributed by atoms with Gasteiger partial charge in [-0.15, -0.1) is 11.3 Å². The van der Waals surface area contributed by atoms with Crippen LogP contribution in [0, 0.1) is 6.92 Å². The number of benzene rings is 1. The number of aryl methyl sites for hydroxylation is 1. The molecule has 6 nitrogen and oxygen atoms in total. The van der Waals surface area contributed by atoms with Gasteiger partial charge in [0.05, 0.1) is 0 Å². The molecule has 0 spiro atoms. The quantitative estimate of drug-likeness (QED) is 0.654. The van der Waals surface area contributed by atoms with Crippen LogP contribution in [0.3, 0.4) is 0 Å². The monoisotopic (exact) mass is 320 g/mol. The molecule has 1 heterocycles. The van der Waals surface area contributed by atoms with Gasteiger partial charge in [0.15, 0.2) is 10.8 Å². The van der Waals surface area contributed by atoms with E-state index in [-0.39, 0.29) is 24.8 Å². The molecule has 1 amide bonds. The van der Waals surface area contributed by atoms with Gasteiger partial charge in [-0.2, -0.15) is 0 Å². The summed E-state index contributed by atoms with van der Waals surface area (Å²) in [5.74, 6) is -0.0424. The van der Waals surface area contributed by atoms with Crippen LogP contribution < -0.4 is 10.1 Å². The Balaban J connectivity index is 1.75. The zero-order valence-corrected chi connectivity index (χ0v) is 13.1. The third kappa shape index (κ3) is 4.85. The molecule has 0 aliphatic carbocycles. The molecule has 0 bridgehead atoms. The maximum absolute atomic E-state index is 11.8. The Kier molecular flexibility index (Phi) is 5.48. The van der Waals surface area contributed by atoms with Crippen LogP contribution in [0.4, 0.5) is 5.13 Å². The van der Waals surface area contributed by atoms with E-state index >= 15 is 0 Å². The second kappa shape index (κ2) is 7.56. The molecule has 2 aromatic rings.